The molecular formula is C22H30N4O5S3. The van der Waals surface area contributed by atoms with Crippen LogP contribution in [-0.4, -0.2) is 40.4 Å². The van der Waals surface area contributed by atoms with Crippen LogP contribution in [0.3, 0.4) is 0 Å². The number of thiol groups is 2. The van der Waals surface area contributed by atoms with Gasteiger partial charge in [-0.25, -0.2) is 13.1 Å². The van der Waals surface area contributed by atoms with Gasteiger partial charge in [-0.1, -0.05) is 75.1 Å². The summed E-state index contributed by atoms with van der Waals surface area (Å²) in [5, 5.41) is 3.01. The Morgan fingerprint density at radius 3 is 1.82 bits per heavy atom. The molecule has 1 aromatic heterocycles. The highest BCUT2D eigenvalue weighted by molar-refractivity contribution is 7.96. The zero-order valence-electron chi connectivity index (χ0n) is 17.9. The number of hydrogen-bond acceptors (Lipinski definition) is 5. The number of primary amides is 2. The van der Waals surface area contributed by atoms with Crippen LogP contribution in [0.1, 0.15) is 14.4 Å². The molecular weight excluding hydrogens is 496 g/mol. The Hall–Kier alpha value is -3.24. The fraction of sp³-hybridized carbons (Fsp3) is 0.136. The second kappa shape index (κ2) is 18.2. The first-order valence-corrected chi connectivity index (χ1v) is 11.5. The van der Waals surface area contributed by atoms with Gasteiger partial charge in [0.05, 0.1) is 22.5 Å². The number of carbonyl (C=O) groups excluding carboxylic acids is 2. The van der Waals surface area contributed by atoms with E-state index in [1.165, 1.54) is 6.26 Å². The largest absolute Gasteiger partial charge is 0.412 e. The van der Waals surface area contributed by atoms with E-state index in [1.54, 1.807) is 42.1 Å². The molecule has 0 aliphatic rings. The predicted molar refractivity (Wildman–Crippen MR) is 144 cm³/mol. The van der Waals surface area contributed by atoms with Gasteiger partial charge in [0, 0.05) is 11.8 Å². The quantitative estimate of drug-likeness (QED) is 0.302. The number of benzene rings is 2. The molecule has 2 amide bonds. The van der Waals surface area contributed by atoms with E-state index in [0.717, 1.165) is 11.3 Å². The van der Waals surface area contributed by atoms with Gasteiger partial charge in [0.25, 0.3) is 10.5 Å². The fourth-order valence-corrected chi connectivity index (χ4v) is 3.13. The Bertz CT molecular complexity index is 1140. The maximum atomic E-state index is 12.0. The average Bonchev–Trinajstić information content (AvgIpc) is 3.17. The van der Waals surface area contributed by atoms with Crippen molar-refractivity contribution in [1.29, 1.82) is 0 Å². The molecule has 3 rings (SSSR count). The summed E-state index contributed by atoms with van der Waals surface area (Å²) in [6.07, 6.45) is 7.47. The molecule has 0 saturated carbocycles. The molecule has 1 heterocycles. The van der Waals surface area contributed by atoms with E-state index in [-0.39, 0.29) is 17.8 Å². The van der Waals surface area contributed by atoms with Crippen LogP contribution in [0.2, 0.25) is 0 Å². The maximum Gasteiger partial charge on any atom is 0.273 e. The highest BCUT2D eigenvalue weighted by atomic mass is 32.2. The number of nitrogens with two attached hydrogens (primary N) is 2. The average molecular weight is 527 g/mol. The van der Waals surface area contributed by atoms with Gasteiger partial charge in [0.15, 0.2) is 9.84 Å². The van der Waals surface area contributed by atoms with Gasteiger partial charge in [-0.15, -0.1) is 12.3 Å². The minimum atomic E-state index is -3.32. The summed E-state index contributed by atoms with van der Waals surface area (Å²) in [7, 11) is -3.32. The molecule has 9 nitrogen and oxygen atoms in total. The summed E-state index contributed by atoms with van der Waals surface area (Å²) >= 11 is 6.21. The molecule has 0 bridgehead atoms. The van der Waals surface area contributed by atoms with Crippen molar-refractivity contribution in [1.82, 2.24) is 9.78 Å². The Morgan fingerprint density at radius 2 is 1.38 bits per heavy atom. The highest BCUT2D eigenvalue weighted by Crippen LogP contribution is 2.26. The molecule has 0 fully saturated rings. The van der Waals surface area contributed by atoms with Gasteiger partial charge in [0.1, 0.15) is 0 Å². The van der Waals surface area contributed by atoms with Crippen molar-refractivity contribution in [2.75, 3.05) is 6.26 Å². The van der Waals surface area contributed by atoms with Crippen molar-refractivity contribution in [3.05, 3.63) is 66.9 Å². The first kappa shape index (κ1) is 35.4. The molecule has 0 saturated heterocycles. The molecule has 0 atom stereocenters. The molecule has 12 heteroatoms. The number of carbonyl (C=O) groups is 2. The summed E-state index contributed by atoms with van der Waals surface area (Å²) in [4.78, 5) is 18.4. The zero-order chi connectivity index (χ0) is 24.7. The SMILES string of the molecule is C.C#CC.CS(=O)(=O)c1ccccc1-n1nccc1-c1ccccc1.NC(=O)S.NC(=O)S.O. The number of hydrogen-bond donors (Lipinski definition) is 4. The van der Waals surface area contributed by atoms with Gasteiger partial charge in [-0.3, -0.25) is 9.59 Å². The lowest BCUT2D eigenvalue weighted by molar-refractivity contribution is 0.266. The van der Waals surface area contributed by atoms with Crippen LogP contribution in [0.15, 0.2) is 71.8 Å². The number of rotatable bonds is 3. The third-order valence-corrected chi connectivity index (χ3v) is 4.35. The molecule has 0 spiro atoms. The van der Waals surface area contributed by atoms with Crippen LogP contribution in [-0.2, 0) is 9.84 Å². The summed E-state index contributed by atoms with van der Waals surface area (Å²) in [6.45, 7) is 1.65. The number of amides is 2. The summed E-state index contributed by atoms with van der Waals surface area (Å²) in [5.41, 5.74) is 11.1. The van der Waals surface area contributed by atoms with E-state index in [1.807, 2.05) is 36.4 Å². The number of nitrogens with zero attached hydrogens (tertiary/aromatic N) is 2. The van der Waals surface area contributed by atoms with Gasteiger partial charge in [-0.05, 0) is 25.1 Å². The van der Waals surface area contributed by atoms with E-state index in [2.05, 4.69) is 54.2 Å². The summed E-state index contributed by atoms with van der Waals surface area (Å²) in [6, 6.07) is 18.5. The molecule has 186 valence electrons. The van der Waals surface area contributed by atoms with Crippen LogP contribution in [0.25, 0.3) is 16.9 Å². The van der Waals surface area contributed by atoms with Crippen molar-refractivity contribution in [3.8, 4) is 29.3 Å². The van der Waals surface area contributed by atoms with Crippen LogP contribution in [0.4, 0.5) is 9.59 Å². The number of terminal acetylenes is 1. The van der Waals surface area contributed by atoms with E-state index in [0.29, 0.717) is 5.69 Å². The molecule has 3 aromatic rings. The van der Waals surface area contributed by atoms with Crippen molar-refractivity contribution in [3.63, 3.8) is 0 Å². The smallest absolute Gasteiger partial charge is 0.273 e. The van der Waals surface area contributed by atoms with Crippen molar-refractivity contribution < 1.29 is 23.5 Å². The second-order valence-corrected chi connectivity index (χ2v) is 8.57. The third kappa shape index (κ3) is 14.0. The van der Waals surface area contributed by atoms with E-state index in [4.69, 9.17) is 9.59 Å². The maximum absolute atomic E-state index is 12.0. The Kier molecular flexibility index (Phi) is 18.9. The molecule has 0 aliphatic heterocycles. The van der Waals surface area contributed by atoms with Crippen molar-refractivity contribution in [2.24, 2.45) is 11.5 Å². The number of aromatic nitrogens is 2. The minimum Gasteiger partial charge on any atom is -0.412 e. The highest BCUT2D eigenvalue weighted by Gasteiger charge is 2.16. The Labute approximate surface area is 211 Å². The van der Waals surface area contributed by atoms with Gasteiger partial charge in [0.2, 0.25) is 0 Å². The van der Waals surface area contributed by atoms with Crippen LogP contribution >= 0.6 is 25.3 Å². The molecule has 2 aromatic carbocycles. The van der Waals surface area contributed by atoms with Crippen LogP contribution in [0.5, 0.6) is 0 Å². The summed E-state index contributed by atoms with van der Waals surface area (Å²) in [5.74, 6) is 2.25. The lowest BCUT2D eigenvalue weighted by atomic mass is 10.1. The standard InChI is InChI=1S/C16H14N2O2S.C3H4.2CH3NOS.CH4.H2O/c1-21(19,20)16-10-6-5-9-15(16)18-14(11-12-17-18)13-7-3-2-4-8-13;1-3-2;2*2-1(3)4;;/h2-12H,1H3;1H,2H3;2*(H3,2,3,4);1H4;1H2. The predicted octanol–water partition coefficient (Wildman–Crippen LogP) is 3.38. The van der Waals surface area contributed by atoms with Gasteiger partial charge in [-0.2, -0.15) is 5.10 Å². The summed E-state index contributed by atoms with van der Waals surface area (Å²) < 4.78 is 25.6. The lowest BCUT2D eigenvalue weighted by Crippen LogP contribution is -2.07. The number of para-hydroxylation sites is 1. The van der Waals surface area contributed by atoms with Crippen molar-refractivity contribution >= 4 is 45.6 Å². The second-order valence-electron chi connectivity index (χ2n) is 5.70. The van der Waals surface area contributed by atoms with Crippen LogP contribution < -0.4 is 11.5 Å². The minimum absolute atomic E-state index is 0. The Balaban J connectivity index is -0.000000630. The number of sulfone groups is 1. The molecule has 0 unspecified atom stereocenters. The monoisotopic (exact) mass is 526 g/mol. The van der Waals surface area contributed by atoms with E-state index < -0.39 is 20.3 Å². The van der Waals surface area contributed by atoms with Crippen molar-refractivity contribution in [2.45, 2.75) is 19.2 Å². The lowest BCUT2D eigenvalue weighted by Gasteiger charge is -2.11. The first-order valence-electron chi connectivity index (χ1n) is 8.68. The van der Waals surface area contributed by atoms with E-state index >= 15 is 0 Å². The fourth-order valence-electron chi connectivity index (χ4n) is 2.27. The van der Waals surface area contributed by atoms with E-state index in [9.17, 15) is 8.42 Å². The molecule has 6 N–H and O–H groups in total. The third-order valence-electron chi connectivity index (χ3n) is 3.21. The first-order chi connectivity index (χ1) is 14.9. The molecule has 34 heavy (non-hydrogen) atoms. The van der Waals surface area contributed by atoms with Gasteiger partial charge >= 0.3 is 0 Å². The molecule has 0 aliphatic carbocycles. The normalized spacial score (nSPS) is 8.79. The Morgan fingerprint density at radius 1 is 0.971 bits per heavy atom. The zero-order valence-corrected chi connectivity index (χ0v) is 20.5. The molecule has 0 radical (unpaired) electrons. The van der Waals surface area contributed by atoms with Crippen LogP contribution in [0, 0.1) is 12.3 Å². The van der Waals surface area contributed by atoms with Gasteiger partial charge < -0.3 is 16.9 Å². The topological polar surface area (TPSA) is 170 Å².